The summed E-state index contributed by atoms with van der Waals surface area (Å²) < 4.78 is 30.0. The summed E-state index contributed by atoms with van der Waals surface area (Å²) in [5, 5.41) is 16.6. The molecular weight excluding hydrogens is 394 g/mol. The standard InChI is InChI=1S/C19H17N5O4S/c1-12-22-23-19(28-12)16-10-24(17-5-3-2-4-15(16)17)11-18(25)21-13-6-8-14(9-7-13)29(20,26)27/h2-10H,11H2,1H3,(H,21,25)(H2,20,26,27). The van der Waals surface area contributed by atoms with E-state index in [9.17, 15) is 13.2 Å². The quantitative estimate of drug-likeness (QED) is 0.518. The summed E-state index contributed by atoms with van der Waals surface area (Å²) in [5.74, 6) is 0.566. The summed E-state index contributed by atoms with van der Waals surface area (Å²) >= 11 is 0. The highest BCUT2D eigenvalue weighted by Crippen LogP contribution is 2.29. The Balaban J connectivity index is 1.58. The zero-order valence-electron chi connectivity index (χ0n) is 15.4. The van der Waals surface area contributed by atoms with Crippen LogP contribution in [0.5, 0.6) is 0 Å². The lowest BCUT2D eigenvalue weighted by atomic mass is 10.2. The monoisotopic (exact) mass is 411 g/mol. The highest BCUT2D eigenvalue weighted by Gasteiger charge is 2.16. The summed E-state index contributed by atoms with van der Waals surface area (Å²) in [6.45, 7) is 1.76. The largest absolute Gasteiger partial charge is 0.421 e. The summed E-state index contributed by atoms with van der Waals surface area (Å²) in [6.07, 6.45) is 1.79. The molecule has 148 valence electrons. The number of carbonyl (C=O) groups is 1. The molecule has 0 fully saturated rings. The van der Waals surface area contributed by atoms with Crippen LogP contribution in [0, 0.1) is 6.92 Å². The van der Waals surface area contributed by atoms with Crippen molar-refractivity contribution in [2.45, 2.75) is 18.4 Å². The van der Waals surface area contributed by atoms with Crippen LogP contribution in [0.15, 0.2) is 64.0 Å². The lowest BCUT2D eigenvalue weighted by Gasteiger charge is -2.08. The first kappa shape index (κ1) is 18.8. The molecule has 0 radical (unpaired) electrons. The zero-order valence-corrected chi connectivity index (χ0v) is 16.2. The molecule has 4 aromatic rings. The highest BCUT2D eigenvalue weighted by molar-refractivity contribution is 7.89. The van der Waals surface area contributed by atoms with Crippen LogP contribution in [0.3, 0.4) is 0 Å². The Bertz CT molecular complexity index is 1310. The molecule has 4 rings (SSSR count). The normalized spacial score (nSPS) is 11.7. The molecule has 9 nitrogen and oxygen atoms in total. The highest BCUT2D eigenvalue weighted by atomic mass is 32.2. The third-order valence-electron chi connectivity index (χ3n) is 4.33. The maximum atomic E-state index is 12.5. The minimum atomic E-state index is -3.78. The number of primary sulfonamides is 1. The molecule has 0 unspecified atom stereocenters. The van der Waals surface area contributed by atoms with Crippen LogP contribution in [0.4, 0.5) is 5.69 Å². The molecule has 0 spiro atoms. The number of aromatic nitrogens is 3. The van der Waals surface area contributed by atoms with Crippen LogP contribution in [0.25, 0.3) is 22.4 Å². The summed E-state index contributed by atoms with van der Waals surface area (Å²) in [5.41, 5.74) is 2.05. The summed E-state index contributed by atoms with van der Waals surface area (Å²) in [6, 6.07) is 13.2. The fourth-order valence-electron chi connectivity index (χ4n) is 3.04. The zero-order chi connectivity index (χ0) is 20.6. The molecule has 0 bridgehead atoms. The van der Waals surface area contributed by atoms with E-state index >= 15 is 0 Å². The predicted octanol–water partition coefficient (Wildman–Crippen LogP) is 2.29. The third-order valence-corrected chi connectivity index (χ3v) is 5.25. The van der Waals surface area contributed by atoms with Gasteiger partial charge in [0.15, 0.2) is 0 Å². The van der Waals surface area contributed by atoms with Crippen LogP contribution < -0.4 is 10.5 Å². The Morgan fingerprint density at radius 3 is 2.52 bits per heavy atom. The molecule has 0 aliphatic heterocycles. The fourth-order valence-corrected chi connectivity index (χ4v) is 3.55. The molecule has 0 aliphatic rings. The number of para-hydroxylation sites is 1. The second kappa shape index (κ2) is 7.15. The molecule has 29 heavy (non-hydrogen) atoms. The number of fused-ring (bicyclic) bond motifs is 1. The molecule has 2 aromatic heterocycles. The van der Waals surface area contributed by atoms with E-state index in [2.05, 4.69) is 15.5 Å². The van der Waals surface area contributed by atoms with Crippen molar-refractivity contribution >= 4 is 32.5 Å². The maximum absolute atomic E-state index is 12.5. The molecule has 0 saturated heterocycles. The minimum Gasteiger partial charge on any atom is -0.421 e. The Morgan fingerprint density at radius 1 is 1.14 bits per heavy atom. The van der Waals surface area contributed by atoms with Gasteiger partial charge in [0, 0.05) is 29.7 Å². The van der Waals surface area contributed by atoms with Gasteiger partial charge in [0.1, 0.15) is 6.54 Å². The number of nitrogens with zero attached hydrogens (tertiary/aromatic N) is 3. The van der Waals surface area contributed by atoms with E-state index in [-0.39, 0.29) is 17.3 Å². The van der Waals surface area contributed by atoms with Crippen LogP contribution in [-0.4, -0.2) is 29.1 Å². The molecule has 0 atom stereocenters. The molecular formula is C19H17N5O4S. The van der Waals surface area contributed by atoms with Crippen molar-refractivity contribution in [3.63, 3.8) is 0 Å². The van der Waals surface area contributed by atoms with Crippen molar-refractivity contribution in [1.82, 2.24) is 14.8 Å². The van der Waals surface area contributed by atoms with Crippen molar-refractivity contribution in [2.75, 3.05) is 5.32 Å². The van der Waals surface area contributed by atoms with Gasteiger partial charge >= 0.3 is 0 Å². The number of sulfonamides is 1. The van der Waals surface area contributed by atoms with Crippen molar-refractivity contribution in [1.29, 1.82) is 0 Å². The van der Waals surface area contributed by atoms with Gasteiger partial charge in [-0.2, -0.15) is 0 Å². The predicted molar refractivity (Wildman–Crippen MR) is 106 cm³/mol. The van der Waals surface area contributed by atoms with Crippen molar-refractivity contribution < 1.29 is 17.6 Å². The number of rotatable bonds is 5. The average Bonchev–Trinajstić information content (AvgIpc) is 3.25. The fraction of sp³-hybridized carbons (Fsp3) is 0.105. The van der Waals surface area contributed by atoms with Gasteiger partial charge in [0.2, 0.25) is 27.7 Å². The topological polar surface area (TPSA) is 133 Å². The number of nitrogens with one attached hydrogen (secondary N) is 1. The van der Waals surface area contributed by atoms with Gasteiger partial charge in [-0.05, 0) is 30.3 Å². The van der Waals surface area contributed by atoms with Gasteiger partial charge in [-0.3, -0.25) is 4.79 Å². The van der Waals surface area contributed by atoms with Gasteiger partial charge in [-0.25, -0.2) is 13.6 Å². The van der Waals surface area contributed by atoms with E-state index in [4.69, 9.17) is 9.56 Å². The minimum absolute atomic E-state index is 0.0219. The van der Waals surface area contributed by atoms with Crippen LogP contribution in [0.2, 0.25) is 0 Å². The number of amides is 1. The Morgan fingerprint density at radius 2 is 1.86 bits per heavy atom. The van der Waals surface area contributed by atoms with Gasteiger partial charge < -0.3 is 14.3 Å². The Labute approximate surface area is 166 Å². The van der Waals surface area contributed by atoms with E-state index < -0.39 is 10.0 Å². The van der Waals surface area contributed by atoms with E-state index in [1.165, 1.54) is 24.3 Å². The Hall–Kier alpha value is -3.50. The number of nitrogens with two attached hydrogens (primary N) is 1. The third kappa shape index (κ3) is 3.89. The van der Waals surface area contributed by atoms with E-state index in [1.807, 2.05) is 24.3 Å². The molecule has 0 aliphatic carbocycles. The number of aryl methyl sites for hydroxylation is 1. The molecule has 3 N–H and O–H groups in total. The van der Waals surface area contributed by atoms with E-state index in [1.54, 1.807) is 17.7 Å². The van der Waals surface area contributed by atoms with Gasteiger partial charge in [-0.1, -0.05) is 18.2 Å². The van der Waals surface area contributed by atoms with Crippen molar-refractivity contribution in [3.8, 4) is 11.5 Å². The van der Waals surface area contributed by atoms with Crippen LogP contribution in [0.1, 0.15) is 5.89 Å². The number of hydrogen-bond acceptors (Lipinski definition) is 6. The number of benzene rings is 2. The van der Waals surface area contributed by atoms with E-state index in [0.29, 0.717) is 17.5 Å². The summed E-state index contributed by atoms with van der Waals surface area (Å²) in [4.78, 5) is 12.5. The maximum Gasteiger partial charge on any atom is 0.249 e. The van der Waals surface area contributed by atoms with Gasteiger partial charge in [0.05, 0.1) is 10.5 Å². The SMILES string of the molecule is Cc1nnc(-c2cn(CC(=O)Nc3ccc(S(N)(=O)=O)cc3)c3ccccc23)o1. The second-order valence-electron chi connectivity index (χ2n) is 6.43. The molecule has 10 heteroatoms. The van der Waals surface area contributed by atoms with Crippen molar-refractivity contribution in [2.24, 2.45) is 5.14 Å². The first-order valence-electron chi connectivity index (χ1n) is 8.62. The number of hydrogen-bond donors (Lipinski definition) is 2. The summed E-state index contributed by atoms with van der Waals surface area (Å²) in [7, 11) is -3.78. The van der Waals surface area contributed by atoms with Gasteiger partial charge in [-0.15, -0.1) is 10.2 Å². The van der Waals surface area contributed by atoms with Crippen LogP contribution in [-0.2, 0) is 21.4 Å². The lowest BCUT2D eigenvalue weighted by molar-refractivity contribution is -0.116. The van der Waals surface area contributed by atoms with Gasteiger partial charge in [0.25, 0.3) is 0 Å². The number of anilines is 1. The molecule has 2 heterocycles. The Kier molecular flexibility index (Phi) is 4.65. The first-order chi connectivity index (χ1) is 13.8. The molecule has 0 saturated carbocycles. The molecule has 2 aromatic carbocycles. The average molecular weight is 411 g/mol. The second-order valence-corrected chi connectivity index (χ2v) is 7.99. The molecule has 1 amide bonds. The number of carbonyl (C=O) groups excluding carboxylic acids is 1. The lowest BCUT2D eigenvalue weighted by Crippen LogP contribution is -2.18. The van der Waals surface area contributed by atoms with Crippen molar-refractivity contribution in [3.05, 3.63) is 60.6 Å². The van der Waals surface area contributed by atoms with Crippen LogP contribution >= 0.6 is 0 Å². The smallest absolute Gasteiger partial charge is 0.249 e. The first-order valence-corrected chi connectivity index (χ1v) is 10.2. The van der Waals surface area contributed by atoms with E-state index in [0.717, 1.165) is 16.5 Å².